The fourth-order valence-electron chi connectivity index (χ4n) is 1.55. The summed E-state index contributed by atoms with van der Waals surface area (Å²) in [5.74, 6) is 0.0683. The summed E-state index contributed by atoms with van der Waals surface area (Å²) in [4.78, 5) is 11.3. The number of thiophene rings is 1. The quantitative estimate of drug-likeness (QED) is 0.577. The summed E-state index contributed by atoms with van der Waals surface area (Å²) in [6.45, 7) is 1.41. The average molecular weight is 391 g/mol. The van der Waals surface area contributed by atoms with Crippen molar-refractivity contribution in [1.29, 1.82) is 0 Å². The van der Waals surface area contributed by atoms with Crippen LogP contribution in [0.25, 0.3) is 0 Å². The molecule has 0 amide bonds. The predicted octanol–water partition coefficient (Wildman–Crippen LogP) is 3.49. The molecule has 2 rings (SSSR count). The summed E-state index contributed by atoms with van der Waals surface area (Å²) >= 11 is 4.24. The second kappa shape index (κ2) is 6.17. The second-order valence-electron chi connectivity index (χ2n) is 4.02. The third-order valence-electron chi connectivity index (χ3n) is 2.56. The van der Waals surface area contributed by atoms with Gasteiger partial charge in [0, 0.05) is 5.56 Å². The van der Waals surface area contributed by atoms with E-state index in [0.29, 0.717) is 9.35 Å². The molecular weight excluding hydrogens is 380 g/mol. The van der Waals surface area contributed by atoms with Gasteiger partial charge in [0.25, 0.3) is 0 Å². The van der Waals surface area contributed by atoms with Gasteiger partial charge in [0.15, 0.2) is 21.5 Å². The zero-order valence-corrected chi connectivity index (χ0v) is 14.3. The lowest BCUT2D eigenvalue weighted by atomic mass is 10.1. The number of rotatable bonds is 5. The molecule has 0 atom stereocenters. The van der Waals surface area contributed by atoms with E-state index in [1.165, 1.54) is 38.3 Å². The number of methoxy groups -OCH3 is 1. The molecule has 0 N–H and O–H groups in total. The standard InChI is InChI=1S/C13H11BrO5S2/c1-8(15)9-3-4-10(11(7-9)18-2)19-21(16,17)13-6-5-12(14)20-13/h3-7H,1-2H3. The molecule has 8 heteroatoms. The van der Waals surface area contributed by atoms with E-state index >= 15 is 0 Å². The van der Waals surface area contributed by atoms with E-state index < -0.39 is 10.1 Å². The van der Waals surface area contributed by atoms with Gasteiger partial charge in [-0.2, -0.15) is 8.42 Å². The smallest absolute Gasteiger partial charge is 0.348 e. The van der Waals surface area contributed by atoms with Gasteiger partial charge in [-0.25, -0.2) is 0 Å². The molecule has 0 aliphatic rings. The molecule has 1 heterocycles. The summed E-state index contributed by atoms with van der Waals surface area (Å²) in [5.41, 5.74) is 0.412. The zero-order chi connectivity index (χ0) is 15.6. The summed E-state index contributed by atoms with van der Waals surface area (Å²) in [5, 5.41) is 0. The summed E-state index contributed by atoms with van der Waals surface area (Å²) in [6, 6.07) is 7.39. The highest BCUT2D eigenvalue weighted by molar-refractivity contribution is 9.11. The molecular formula is C13H11BrO5S2. The van der Waals surface area contributed by atoms with Crippen LogP contribution in [0.2, 0.25) is 0 Å². The van der Waals surface area contributed by atoms with Gasteiger partial charge in [0.1, 0.15) is 0 Å². The van der Waals surface area contributed by atoms with Crippen LogP contribution in [-0.2, 0) is 10.1 Å². The molecule has 0 saturated heterocycles. The number of carbonyl (C=O) groups is 1. The Balaban J connectivity index is 2.37. The fraction of sp³-hybridized carbons (Fsp3) is 0.154. The Bertz CT molecular complexity index is 780. The number of carbonyl (C=O) groups excluding carboxylic acids is 1. The van der Waals surface area contributed by atoms with Crippen molar-refractivity contribution in [3.05, 3.63) is 39.7 Å². The molecule has 1 aromatic heterocycles. The second-order valence-corrected chi connectivity index (χ2v) is 8.25. The molecule has 5 nitrogen and oxygen atoms in total. The van der Waals surface area contributed by atoms with Crippen LogP contribution in [0.15, 0.2) is 38.3 Å². The van der Waals surface area contributed by atoms with E-state index in [4.69, 9.17) is 8.92 Å². The molecule has 0 fully saturated rings. The Hall–Kier alpha value is -1.38. The van der Waals surface area contributed by atoms with Crippen molar-refractivity contribution in [3.63, 3.8) is 0 Å². The first-order chi connectivity index (χ1) is 9.83. The molecule has 112 valence electrons. The van der Waals surface area contributed by atoms with Gasteiger partial charge in [-0.1, -0.05) is 0 Å². The minimum Gasteiger partial charge on any atom is -0.493 e. The number of hydrogen-bond donors (Lipinski definition) is 0. The first kappa shape index (κ1) is 16.0. The van der Waals surface area contributed by atoms with Crippen molar-refractivity contribution in [1.82, 2.24) is 0 Å². The number of ketones is 1. The Morgan fingerprint density at radius 2 is 1.90 bits per heavy atom. The lowest BCUT2D eigenvalue weighted by Crippen LogP contribution is -2.09. The SMILES string of the molecule is COc1cc(C(C)=O)ccc1OS(=O)(=O)c1ccc(Br)s1. The van der Waals surface area contributed by atoms with Crippen molar-refractivity contribution in [2.45, 2.75) is 11.1 Å². The highest BCUT2D eigenvalue weighted by atomic mass is 79.9. The van der Waals surface area contributed by atoms with E-state index in [-0.39, 0.29) is 21.5 Å². The normalized spacial score (nSPS) is 11.2. The molecule has 0 unspecified atom stereocenters. The maximum Gasteiger partial charge on any atom is 0.348 e. The zero-order valence-electron chi connectivity index (χ0n) is 11.1. The van der Waals surface area contributed by atoms with E-state index in [9.17, 15) is 13.2 Å². The Labute approximate surface area is 134 Å². The third-order valence-corrected chi connectivity index (χ3v) is 5.87. The fourth-order valence-corrected chi connectivity index (χ4v) is 4.46. The number of hydrogen-bond acceptors (Lipinski definition) is 6. The van der Waals surface area contributed by atoms with Gasteiger partial charge in [0.2, 0.25) is 0 Å². The van der Waals surface area contributed by atoms with Crippen LogP contribution in [0.5, 0.6) is 11.5 Å². The Morgan fingerprint density at radius 3 is 2.43 bits per heavy atom. The van der Waals surface area contributed by atoms with Crippen LogP contribution < -0.4 is 8.92 Å². The molecule has 2 aromatic rings. The number of ether oxygens (including phenoxy) is 1. The van der Waals surface area contributed by atoms with Gasteiger partial charge in [-0.05, 0) is 53.2 Å². The highest BCUT2D eigenvalue weighted by Crippen LogP contribution is 2.33. The van der Waals surface area contributed by atoms with Crippen molar-refractivity contribution in [2.24, 2.45) is 0 Å². The van der Waals surface area contributed by atoms with Crippen molar-refractivity contribution < 1.29 is 22.1 Å². The van der Waals surface area contributed by atoms with Crippen LogP contribution in [0.1, 0.15) is 17.3 Å². The van der Waals surface area contributed by atoms with Gasteiger partial charge < -0.3 is 8.92 Å². The molecule has 0 saturated carbocycles. The summed E-state index contributed by atoms with van der Waals surface area (Å²) in [7, 11) is -2.56. The maximum atomic E-state index is 12.1. The molecule has 0 spiro atoms. The minimum atomic E-state index is -3.93. The van der Waals surface area contributed by atoms with Crippen LogP contribution in [-0.4, -0.2) is 21.3 Å². The van der Waals surface area contributed by atoms with Gasteiger partial charge in [-0.3, -0.25) is 4.79 Å². The molecule has 0 radical (unpaired) electrons. The van der Waals surface area contributed by atoms with E-state index in [0.717, 1.165) is 11.3 Å². The third kappa shape index (κ3) is 3.63. The summed E-state index contributed by atoms with van der Waals surface area (Å²) in [6.07, 6.45) is 0. The van der Waals surface area contributed by atoms with Crippen LogP contribution in [0.4, 0.5) is 0 Å². The minimum absolute atomic E-state index is 0.0343. The van der Waals surface area contributed by atoms with Gasteiger partial charge in [-0.15, -0.1) is 11.3 Å². The molecule has 0 bridgehead atoms. The Kier molecular flexibility index (Phi) is 4.70. The highest BCUT2D eigenvalue weighted by Gasteiger charge is 2.21. The van der Waals surface area contributed by atoms with Crippen molar-refractivity contribution in [2.75, 3.05) is 7.11 Å². The molecule has 1 aromatic carbocycles. The van der Waals surface area contributed by atoms with E-state index in [1.54, 1.807) is 6.07 Å². The molecule has 21 heavy (non-hydrogen) atoms. The first-order valence-corrected chi connectivity index (χ1v) is 8.74. The molecule has 0 aliphatic heterocycles. The average Bonchev–Trinajstić information content (AvgIpc) is 2.86. The van der Waals surface area contributed by atoms with Gasteiger partial charge in [0.05, 0.1) is 10.9 Å². The van der Waals surface area contributed by atoms with Crippen molar-refractivity contribution in [3.8, 4) is 11.5 Å². The lowest BCUT2D eigenvalue weighted by Gasteiger charge is -2.10. The largest absolute Gasteiger partial charge is 0.493 e. The lowest BCUT2D eigenvalue weighted by molar-refractivity contribution is 0.101. The molecule has 0 aliphatic carbocycles. The number of Topliss-reactive ketones (excluding diaryl/α,β-unsaturated/α-hetero) is 1. The van der Waals surface area contributed by atoms with E-state index in [2.05, 4.69) is 15.9 Å². The van der Waals surface area contributed by atoms with Crippen LogP contribution >= 0.6 is 27.3 Å². The van der Waals surface area contributed by atoms with Crippen molar-refractivity contribution >= 4 is 43.2 Å². The number of halogens is 1. The first-order valence-electron chi connectivity index (χ1n) is 5.72. The summed E-state index contributed by atoms with van der Waals surface area (Å²) < 4.78 is 35.2. The van der Waals surface area contributed by atoms with Crippen LogP contribution in [0.3, 0.4) is 0 Å². The van der Waals surface area contributed by atoms with E-state index in [1.807, 2.05) is 0 Å². The maximum absolute atomic E-state index is 12.1. The monoisotopic (exact) mass is 390 g/mol. The number of benzene rings is 1. The van der Waals surface area contributed by atoms with Gasteiger partial charge >= 0.3 is 10.1 Å². The Morgan fingerprint density at radius 1 is 1.19 bits per heavy atom. The predicted molar refractivity (Wildman–Crippen MR) is 82.8 cm³/mol. The topological polar surface area (TPSA) is 69.7 Å². The van der Waals surface area contributed by atoms with Crippen LogP contribution in [0, 0.1) is 0 Å².